The molecule has 0 aliphatic heterocycles. The van der Waals surface area contributed by atoms with Crippen LogP contribution < -0.4 is 0 Å². The highest BCUT2D eigenvalue weighted by Crippen LogP contribution is 2.35. The second-order valence-electron chi connectivity index (χ2n) is 6.09. The smallest absolute Gasteiger partial charge is 0.354 e. The first kappa shape index (κ1) is 15.5. The number of methoxy groups -OCH3 is 1. The van der Waals surface area contributed by atoms with Gasteiger partial charge in [-0.25, -0.2) is 4.79 Å². The summed E-state index contributed by atoms with van der Waals surface area (Å²) in [5.41, 5.74) is 5.09. The van der Waals surface area contributed by atoms with E-state index in [0.29, 0.717) is 23.2 Å². The van der Waals surface area contributed by atoms with E-state index in [1.165, 1.54) is 18.2 Å². The Balaban J connectivity index is 1.93. The number of fused-ring (bicyclic) bond motifs is 1. The van der Waals surface area contributed by atoms with Gasteiger partial charge in [-0.15, -0.1) is 0 Å². The summed E-state index contributed by atoms with van der Waals surface area (Å²) in [6.45, 7) is 3.93. The predicted molar refractivity (Wildman–Crippen MR) is 88.1 cm³/mol. The summed E-state index contributed by atoms with van der Waals surface area (Å²) < 4.78 is 4.79. The number of H-pyrrole nitrogens is 1. The molecule has 1 heterocycles. The highest BCUT2D eigenvalue weighted by atomic mass is 16.5. The number of Topliss-reactive ketones (excluding diaryl/α,β-unsaturated/α-hetero) is 1. The molecule has 0 saturated heterocycles. The lowest BCUT2D eigenvalue weighted by molar-refractivity contribution is 0.0593. The van der Waals surface area contributed by atoms with Gasteiger partial charge < -0.3 is 9.72 Å². The monoisotopic (exact) mass is 311 g/mol. The van der Waals surface area contributed by atoms with Crippen molar-refractivity contribution in [2.24, 2.45) is 0 Å². The van der Waals surface area contributed by atoms with E-state index >= 15 is 0 Å². The highest BCUT2D eigenvalue weighted by molar-refractivity contribution is 6.03. The van der Waals surface area contributed by atoms with E-state index in [-0.39, 0.29) is 11.7 Å². The number of esters is 1. The molecule has 2 aromatic rings. The van der Waals surface area contributed by atoms with Crippen molar-refractivity contribution in [2.45, 2.75) is 39.0 Å². The minimum absolute atomic E-state index is 0.0970. The van der Waals surface area contributed by atoms with E-state index in [4.69, 9.17) is 4.74 Å². The summed E-state index contributed by atoms with van der Waals surface area (Å²) in [7, 11) is 1.35. The Morgan fingerprint density at radius 1 is 1.26 bits per heavy atom. The van der Waals surface area contributed by atoms with E-state index in [1.807, 2.05) is 0 Å². The molecule has 0 radical (unpaired) electrons. The Kier molecular flexibility index (Phi) is 4.07. The van der Waals surface area contributed by atoms with Crippen molar-refractivity contribution in [3.63, 3.8) is 0 Å². The van der Waals surface area contributed by atoms with Crippen LogP contribution in [0.3, 0.4) is 0 Å². The van der Waals surface area contributed by atoms with Crippen LogP contribution in [0.4, 0.5) is 0 Å². The van der Waals surface area contributed by atoms with E-state index in [1.54, 1.807) is 6.92 Å². The second kappa shape index (κ2) is 6.03. The van der Waals surface area contributed by atoms with Crippen LogP contribution >= 0.6 is 0 Å². The maximum Gasteiger partial charge on any atom is 0.354 e. The van der Waals surface area contributed by atoms with Crippen molar-refractivity contribution < 1.29 is 14.3 Å². The Hall–Kier alpha value is -2.36. The van der Waals surface area contributed by atoms with Crippen molar-refractivity contribution >= 4 is 11.8 Å². The number of ether oxygens (including phenoxy) is 1. The van der Waals surface area contributed by atoms with Crippen LogP contribution in [-0.4, -0.2) is 23.8 Å². The zero-order valence-electron chi connectivity index (χ0n) is 13.7. The quantitative estimate of drug-likeness (QED) is 0.881. The first-order valence-corrected chi connectivity index (χ1v) is 7.96. The molecule has 1 aliphatic rings. The van der Waals surface area contributed by atoms with Crippen LogP contribution in [0.1, 0.15) is 62.5 Å². The van der Waals surface area contributed by atoms with E-state index < -0.39 is 5.97 Å². The number of aromatic amines is 1. The van der Waals surface area contributed by atoms with Gasteiger partial charge >= 0.3 is 5.97 Å². The number of benzene rings is 1. The molecule has 0 fully saturated rings. The third-order valence-electron chi connectivity index (χ3n) is 4.74. The van der Waals surface area contributed by atoms with Gasteiger partial charge in [0.2, 0.25) is 0 Å². The number of hydrogen-bond donors (Lipinski definition) is 1. The van der Waals surface area contributed by atoms with Gasteiger partial charge in [-0.05, 0) is 42.4 Å². The number of carbonyl (C=O) groups is 2. The number of aryl methyl sites for hydroxylation is 1. The Labute approximate surface area is 135 Å². The van der Waals surface area contributed by atoms with Crippen LogP contribution in [0, 0.1) is 6.92 Å². The van der Waals surface area contributed by atoms with Crippen molar-refractivity contribution in [3.8, 4) is 0 Å². The van der Waals surface area contributed by atoms with Crippen LogP contribution in [0.15, 0.2) is 24.3 Å². The molecular weight excluding hydrogens is 290 g/mol. The molecule has 1 aromatic heterocycles. The molecule has 0 unspecified atom stereocenters. The maximum absolute atomic E-state index is 12.6. The Morgan fingerprint density at radius 2 is 1.96 bits per heavy atom. The topological polar surface area (TPSA) is 59.2 Å². The lowest BCUT2D eigenvalue weighted by Gasteiger charge is -2.22. The van der Waals surface area contributed by atoms with Crippen LogP contribution in [0.5, 0.6) is 0 Å². The molecule has 1 N–H and O–H groups in total. The average molecular weight is 311 g/mol. The van der Waals surface area contributed by atoms with Gasteiger partial charge in [-0.3, -0.25) is 4.79 Å². The van der Waals surface area contributed by atoms with Crippen molar-refractivity contribution in [1.29, 1.82) is 0 Å². The minimum Gasteiger partial charge on any atom is -0.464 e. The summed E-state index contributed by atoms with van der Waals surface area (Å²) in [5.74, 6) is -0.169. The Morgan fingerprint density at radius 3 is 2.57 bits per heavy atom. The fourth-order valence-corrected chi connectivity index (χ4v) is 3.40. The van der Waals surface area contributed by atoms with Crippen molar-refractivity contribution in [2.75, 3.05) is 7.11 Å². The highest BCUT2D eigenvalue weighted by Gasteiger charge is 2.32. The number of aromatic nitrogens is 1. The maximum atomic E-state index is 12.6. The number of rotatable bonds is 3. The first-order chi connectivity index (χ1) is 11.0. The molecule has 23 heavy (non-hydrogen) atoms. The lowest BCUT2D eigenvalue weighted by Crippen LogP contribution is -2.18. The molecule has 0 saturated carbocycles. The van der Waals surface area contributed by atoms with Gasteiger partial charge in [0.15, 0.2) is 5.78 Å². The van der Waals surface area contributed by atoms with Crippen LogP contribution in [0.25, 0.3) is 0 Å². The fraction of sp³-hybridized carbons (Fsp3) is 0.368. The van der Waals surface area contributed by atoms with Gasteiger partial charge in [-0.1, -0.05) is 31.2 Å². The molecule has 0 spiro atoms. The minimum atomic E-state index is -0.423. The van der Waals surface area contributed by atoms with Crippen molar-refractivity contribution in [3.05, 3.63) is 57.9 Å². The molecule has 1 atom stereocenters. The summed E-state index contributed by atoms with van der Waals surface area (Å²) >= 11 is 0. The second-order valence-corrected chi connectivity index (χ2v) is 6.09. The summed E-state index contributed by atoms with van der Waals surface area (Å²) in [5, 5.41) is 0. The van der Waals surface area contributed by atoms with E-state index in [2.05, 4.69) is 36.2 Å². The predicted octanol–water partition coefficient (Wildman–Crippen LogP) is 3.58. The zero-order valence-corrected chi connectivity index (χ0v) is 13.7. The largest absolute Gasteiger partial charge is 0.464 e. The molecule has 120 valence electrons. The van der Waals surface area contributed by atoms with E-state index in [0.717, 1.165) is 18.5 Å². The van der Waals surface area contributed by atoms with Gasteiger partial charge in [0, 0.05) is 17.7 Å². The molecule has 4 heteroatoms. The molecule has 4 nitrogen and oxygen atoms in total. The number of carbonyl (C=O) groups excluding carboxylic acids is 2. The standard InChI is InChI=1S/C19H21NO3/c1-4-12-5-7-13(8-6-12)14-9-15-17(16(21)10-14)11(2)18(20-15)19(22)23-3/h5-8,14,20H,4,9-10H2,1-3H3/t14-/m0/s1. The lowest BCUT2D eigenvalue weighted by atomic mass is 9.81. The van der Waals surface area contributed by atoms with Gasteiger partial charge in [0.25, 0.3) is 0 Å². The SMILES string of the molecule is CCc1ccc([C@@H]2CC(=O)c3c([nH]c(C(=O)OC)c3C)C2)cc1. The molecule has 0 bridgehead atoms. The molecule has 3 rings (SSSR count). The zero-order chi connectivity index (χ0) is 16.6. The third kappa shape index (κ3) is 2.69. The normalized spacial score (nSPS) is 17.0. The average Bonchev–Trinajstić information content (AvgIpc) is 2.91. The molecule has 1 aromatic carbocycles. The van der Waals surface area contributed by atoms with Crippen LogP contribution in [0.2, 0.25) is 0 Å². The first-order valence-electron chi connectivity index (χ1n) is 7.96. The third-order valence-corrected chi connectivity index (χ3v) is 4.74. The summed E-state index contributed by atoms with van der Waals surface area (Å²) in [4.78, 5) is 27.5. The van der Waals surface area contributed by atoms with Gasteiger partial charge in [-0.2, -0.15) is 0 Å². The van der Waals surface area contributed by atoms with Gasteiger partial charge in [0.05, 0.1) is 7.11 Å². The summed E-state index contributed by atoms with van der Waals surface area (Å²) in [6, 6.07) is 8.46. The molecule has 1 aliphatic carbocycles. The van der Waals surface area contributed by atoms with E-state index in [9.17, 15) is 9.59 Å². The van der Waals surface area contributed by atoms with Gasteiger partial charge in [0.1, 0.15) is 5.69 Å². The number of nitrogens with one attached hydrogen (secondary N) is 1. The molecular formula is C19H21NO3. The van der Waals surface area contributed by atoms with Crippen LogP contribution in [-0.2, 0) is 17.6 Å². The number of ketones is 1. The fourth-order valence-electron chi connectivity index (χ4n) is 3.40. The van der Waals surface area contributed by atoms with Crippen molar-refractivity contribution in [1.82, 2.24) is 4.98 Å². The number of hydrogen-bond acceptors (Lipinski definition) is 3. The summed E-state index contributed by atoms with van der Waals surface area (Å²) in [6.07, 6.45) is 2.23. The molecule has 0 amide bonds. The Bertz CT molecular complexity index is 756.